The number of nitrogens with zero attached hydrogens (tertiary/aromatic N) is 2. The van der Waals surface area contributed by atoms with Gasteiger partial charge in [0.15, 0.2) is 0 Å². The molecule has 2 rings (SSSR count). The summed E-state index contributed by atoms with van der Waals surface area (Å²) >= 11 is 0. The minimum atomic E-state index is -3.17. The molecule has 0 radical (unpaired) electrons. The number of hydrogen-bond acceptors (Lipinski definition) is 5. The van der Waals surface area contributed by atoms with Gasteiger partial charge in [0.05, 0.1) is 5.75 Å². The number of piperazine rings is 1. The van der Waals surface area contributed by atoms with Gasteiger partial charge < -0.3 is 10.4 Å². The van der Waals surface area contributed by atoms with Crippen LogP contribution < -0.4 is 5.32 Å². The third-order valence-corrected chi connectivity index (χ3v) is 5.83. The normalized spacial score (nSPS) is 27.5. The molecule has 0 aromatic heterocycles. The minimum Gasteiger partial charge on any atom is -0.396 e. The molecule has 2 heterocycles. The van der Waals surface area contributed by atoms with Crippen molar-refractivity contribution in [2.75, 3.05) is 58.2 Å². The van der Waals surface area contributed by atoms with Crippen molar-refractivity contribution in [3.63, 3.8) is 0 Å². The summed E-state index contributed by atoms with van der Waals surface area (Å²) in [5.74, 6) is 0.313. The summed E-state index contributed by atoms with van der Waals surface area (Å²) in [4.78, 5) is 2.20. The Kier molecular flexibility index (Phi) is 5.58. The van der Waals surface area contributed by atoms with Crippen LogP contribution in [0.15, 0.2) is 0 Å². The Morgan fingerprint density at radius 2 is 1.95 bits per heavy atom. The molecular formula is C12H25N3O3S. The van der Waals surface area contributed by atoms with E-state index in [-0.39, 0.29) is 18.3 Å². The lowest BCUT2D eigenvalue weighted by Crippen LogP contribution is -2.47. The molecule has 0 bridgehead atoms. The van der Waals surface area contributed by atoms with Crippen LogP contribution in [0.1, 0.15) is 12.8 Å². The SMILES string of the molecule is O=S(=O)(CCN1CCNCC1)N1CCCC(CO)C1. The van der Waals surface area contributed by atoms with Crippen molar-refractivity contribution in [2.45, 2.75) is 12.8 Å². The van der Waals surface area contributed by atoms with Crippen molar-refractivity contribution in [1.29, 1.82) is 0 Å². The van der Waals surface area contributed by atoms with Crippen LogP contribution in [0.2, 0.25) is 0 Å². The first-order valence-corrected chi connectivity index (χ1v) is 8.74. The Hall–Kier alpha value is -0.210. The van der Waals surface area contributed by atoms with Crippen LogP contribution in [0.4, 0.5) is 0 Å². The van der Waals surface area contributed by atoms with Gasteiger partial charge in [-0.3, -0.25) is 4.90 Å². The lowest BCUT2D eigenvalue weighted by atomic mass is 10.0. The summed E-state index contributed by atoms with van der Waals surface area (Å²) in [6.07, 6.45) is 1.79. The summed E-state index contributed by atoms with van der Waals surface area (Å²) in [6.45, 7) is 5.53. The molecule has 2 saturated heterocycles. The van der Waals surface area contributed by atoms with E-state index in [1.54, 1.807) is 4.31 Å². The quantitative estimate of drug-likeness (QED) is 0.674. The second kappa shape index (κ2) is 6.99. The van der Waals surface area contributed by atoms with Crippen molar-refractivity contribution >= 4 is 10.0 Å². The number of sulfonamides is 1. The fraction of sp³-hybridized carbons (Fsp3) is 1.00. The number of aliphatic hydroxyl groups excluding tert-OH is 1. The van der Waals surface area contributed by atoms with Crippen LogP contribution in [0.3, 0.4) is 0 Å². The first-order valence-electron chi connectivity index (χ1n) is 7.13. The van der Waals surface area contributed by atoms with Crippen molar-refractivity contribution in [3.8, 4) is 0 Å². The summed E-state index contributed by atoms with van der Waals surface area (Å²) in [5, 5.41) is 12.4. The molecule has 1 atom stereocenters. The van der Waals surface area contributed by atoms with E-state index in [0.29, 0.717) is 19.6 Å². The van der Waals surface area contributed by atoms with Crippen LogP contribution in [-0.4, -0.2) is 80.9 Å². The highest BCUT2D eigenvalue weighted by Gasteiger charge is 2.28. The average molecular weight is 291 g/mol. The molecule has 2 fully saturated rings. The Balaban J connectivity index is 1.83. The second-order valence-electron chi connectivity index (χ2n) is 5.46. The van der Waals surface area contributed by atoms with Gasteiger partial charge in [-0.15, -0.1) is 0 Å². The van der Waals surface area contributed by atoms with Crippen LogP contribution in [0.25, 0.3) is 0 Å². The highest BCUT2D eigenvalue weighted by molar-refractivity contribution is 7.89. The predicted molar refractivity (Wildman–Crippen MR) is 74.5 cm³/mol. The lowest BCUT2D eigenvalue weighted by molar-refractivity contribution is 0.165. The van der Waals surface area contributed by atoms with Gasteiger partial charge in [0.25, 0.3) is 0 Å². The highest BCUT2D eigenvalue weighted by Crippen LogP contribution is 2.19. The summed E-state index contributed by atoms with van der Waals surface area (Å²) in [7, 11) is -3.17. The third kappa shape index (κ3) is 4.39. The molecule has 6 nitrogen and oxygen atoms in total. The summed E-state index contributed by atoms with van der Waals surface area (Å²) in [6, 6.07) is 0. The number of rotatable bonds is 5. The van der Waals surface area contributed by atoms with Gasteiger partial charge in [0.2, 0.25) is 10.0 Å². The molecule has 0 spiro atoms. The smallest absolute Gasteiger partial charge is 0.215 e. The minimum absolute atomic E-state index is 0.0871. The van der Waals surface area contributed by atoms with Gasteiger partial charge in [-0.1, -0.05) is 0 Å². The Bertz CT molecular complexity index is 368. The molecule has 0 aromatic carbocycles. The number of hydrogen-bond donors (Lipinski definition) is 2. The maximum Gasteiger partial charge on any atom is 0.215 e. The lowest BCUT2D eigenvalue weighted by Gasteiger charge is -2.32. The molecule has 2 aliphatic heterocycles. The first-order chi connectivity index (χ1) is 9.12. The van der Waals surface area contributed by atoms with Crippen molar-refractivity contribution < 1.29 is 13.5 Å². The monoisotopic (exact) mass is 291 g/mol. The van der Waals surface area contributed by atoms with Crippen molar-refractivity contribution in [2.24, 2.45) is 5.92 Å². The summed E-state index contributed by atoms with van der Waals surface area (Å²) < 4.78 is 26.2. The third-order valence-electron chi connectivity index (χ3n) is 4.01. The van der Waals surface area contributed by atoms with Gasteiger partial charge in [-0.2, -0.15) is 0 Å². The Morgan fingerprint density at radius 1 is 1.21 bits per heavy atom. The number of piperidine rings is 1. The first kappa shape index (κ1) is 15.2. The standard InChI is InChI=1S/C12H25N3O3S/c16-11-12-2-1-5-15(10-12)19(17,18)9-8-14-6-3-13-4-7-14/h12-13,16H,1-11H2. The van der Waals surface area contributed by atoms with Gasteiger partial charge in [0.1, 0.15) is 0 Å². The zero-order valence-corrected chi connectivity index (χ0v) is 12.2. The largest absolute Gasteiger partial charge is 0.396 e. The molecule has 0 aromatic rings. The Morgan fingerprint density at radius 3 is 2.63 bits per heavy atom. The van der Waals surface area contributed by atoms with E-state index in [1.807, 2.05) is 0 Å². The Labute approximate surface area is 115 Å². The van der Waals surface area contributed by atoms with Gasteiger partial charge in [-0.25, -0.2) is 12.7 Å². The molecule has 0 saturated carbocycles. The molecule has 1 unspecified atom stereocenters. The fourth-order valence-electron chi connectivity index (χ4n) is 2.74. The fourth-order valence-corrected chi connectivity index (χ4v) is 4.33. The highest BCUT2D eigenvalue weighted by atomic mass is 32.2. The topological polar surface area (TPSA) is 72.9 Å². The molecule has 0 amide bonds. The summed E-state index contributed by atoms with van der Waals surface area (Å²) in [5.41, 5.74) is 0. The van der Waals surface area contributed by atoms with Gasteiger partial charge in [-0.05, 0) is 18.8 Å². The maximum atomic E-state index is 12.3. The van der Waals surface area contributed by atoms with E-state index < -0.39 is 10.0 Å². The van der Waals surface area contributed by atoms with E-state index in [4.69, 9.17) is 0 Å². The molecule has 19 heavy (non-hydrogen) atoms. The van der Waals surface area contributed by atoms with Crippen molar-refractivity contribution in [3.05, 3.63) is 0 Å². The average Bonchev–Trinajstić information content (AvgIpc) is 2.46. The van der Waals surface area contributed by atoms with Crippen LogP contribution in [-0.2, 0) is 10.0 Å². The maximum absolute atomic E-state index is 12.3. The van der Waals surface area contributed by atoms with E-state index in [9.17, 15) is 13.5 Å². The second-order valence-corrected chi connectivity index (χ2v) is 7.54. The van der Waals surface area contributed by atoms with Crippen LogP contribution in [0.5, 0.6) is 0 Å². The molecular weight excluding hydrogens is 266 g/mol. The van der Waals surface area contributed by atoms with Gasteiger partial charge in [0, 0.05) is 52.4 Å². The molecule has 2 aliphatic rings. The van der Waals surface area contributed by atoms with Gasteiger partial charge >= 0.3 is 0 Å². The molecule has 2 N–H and O–H groups in total. The van der Waals surface area contributed by atoms with Crippen LogP contribution >= 0.6 is 0 Å². The van der Waals surface area contributed by atoms with Crippen molar-refractivity contribution in [1.82, 2.24) is 14.5 Å². The van der Waals surface area contributed by atoms with Crippen LogP contribution in [0, 0.1) is 5.92 Å². The molecule has 7 heteroatoms. The zero-order valence-electron chi connectivity index (χ0n) is 11.4. The van der Waals surface area contributed by atoms with E-state index in [2.05, 4.69) is 10.2 Å². The number of nitrogens with one attached hydrogen (secondary N) is 1. The van der Waals surface area contributed by atoms with E-state index in [0.717, 1.165) is 39.0 Å². The molecule has 112 valence electrons. The van der Waals surface area contributed by atoms with E-state index >= 15 is 0 Å². The van der Waals surface area contributed by atoms with E-state index in [1.165, 1.54) is 0 Å². The number of aliphatic hydroxyl groups is 1. The zero-order chi connectivity index (χ0) is 13.7. The predicted octanol–water partition coefficient (Wildman–Crippen LogP) is -1.07. The molecule has 0 aliphatic carbocycles.